The highest BCUT2D eigenvalue weighted by molar-refractivity contribution is 5.90. The van der Waals surface area contributed by atoms with Crippen molar-refractivity contribution in [2.45, 2.75) is 6.18 Å². The van der Waals surface area contributed by atoms with E-state index in [2.05, 4.69) is 4.74 Å². The lowest BCUT2D eigenvalue weighted by molar-refractivity contribution is -0.137. The van der Waals surface area contributed by atoms with E-state index in [9.17, 15) is 22.4 Å². The molecule has 2 nitrogen and oxygen atoms in total. The van der Waals surface area contributed by atoms with Crippen LogP contribution >= 0.6 is 0 Å². The fourth-order valence-electron chi connectivity index (χ4n) is 1.94. The van der Waals surface area contributed by atoms with E-state index in [0.717, 1.165) is 25.3 Å². The van der Waals surface area contributed by atoms with E-state index in [0.29, 0.717) is 0 Å². The lowest BCUT2D eigenvalue weighted by Crippen LogP contribution is -2.08. The number of esters is 1. The van der Waals surface area contributed by atoms with Gasteiger partial charge >= 0.3 is 12.1 Å². The van der Waals surface area contributed by atoms with Gasteiger partial charge in [-0.25, -0.2) is 9.18 Å². The molecule has 0 aromatic heterocycles. The van der Waals surface area contributed by atoms with E-state index in [1.165, 1.54) is 24.3 Å². The summed E-state index contributed by atoms with van der Waals surface area (Å²) in [6, 6.07) is 7.88. The van der Waals surface area contributed by atoms with Crippen LogP contribution in [-0.2, 0) is 10.9 Å². The summed E-state index contributed by atoms with van der Waals surface area (Å²) >= 11 is 0. The van der Waals surface area contributed by atoms with E-state index in [1.807, 2.05) is 0 Å². The molecule has 6 heteroatoms. The van der Waals surface area contributed by atoms with Crippen LogP contribution in [0, 0.1) is 5.82 Å². The second kappa shape index (κ2) is 5.55. The SMILES string of the molecule is COC(=O)c1ccc(-c2ccccc2C(F)(F)F)c(F)c1. The van der Waals surface area contributed by atoms with Gasteiger partial charge in [0.2, 0.25) is 0 Å². The van der Waals surface area contributed by atoms with Crippen molar-refractivity contribution in [1.29, 1.82) is 0 Å². The van der Waals surface area contributed by atoms with Gasteiger partial charge in [-0.1, -0.05) is 24.3 Å². The minimum absolute atomic E-state index is 0.0664. The number of carbonyl (C=O) groups is 1. The monoisotopic (exact) mass is 298 g/mol. The van der Waals surface area contributed by atoms with Gasteiger partial charge in [0.25, 0.3) is 0 Å². The average molecular weight is 298 g/mol. The van der Waals surface area contributed by atoms with Crippen molar-refractivity contribution < 1.29 is 27.1 Å². The Morgan fingerprint density at radius 2 is 1.71 bits per heavy atom. The first-order chi connectivity index (χ1) is 9.84. The van der Waals surface area contributed by atoms with E-state index < -0.39 is 23.5 Å². The van der Waals surface area contributed by atoms with Crippen LogP contribution in [0.3, 0.4) is 0 Å². The molecule has 0 aliphatic carbocycles. The molecule has 0 bridgehead atoms. The van der Waals surface area contributed by atoms with Crippen LogP contribution in [0.4, 0.5) is 17.6 Å². The van der Waals surface area contributed by atoms with Crippen molar-refractivity contribution in [3.63, 3.8) is 0 Å². The van der Waals surface area contributed by atoms with Crippen molar-refractivity contribution in [2.75, 3.05) is 7.11 Å². The van der Waals surface area contributed by atoms with Gasteiger partial charge < -0.3 is 4.74 Å². The molecule has 0 spiro atoms. The maximum atomic E-state index is 14.0. The Balaban J connectivity index is 2.56. The summed E-state index contributed by atoms with van der Waals surface area (Å²) in [5.74, 6) is -1.68. The molecule has 0 unspecified atom stereocenters. The summed E-state index contributed by atoms with van der Waals surface area (Å²) in [5.41, 5.74) is -1.51. The van der Waals surface area contributed by atoms with Crippen LogP contribution < -0.4 is 0 Å². The van der Waals surface area contributed by atoms with Gasteiger partial charge in [0.1, 0.15) is 5.82 Å². The number of alkyl halides is 3. The lowest BCUT2D eigenvalue weighted by atomic mass is 9.98. The molecule has 2 aromatic carbocycles. The molecule has 0 amide bonds. The Bertz CT molecular complexity index is 678. The number of hydrogen-bond donors (Lipinski definition) is 0. The molecular formula is C15H10F4O2. The van der Waals surface area contributed by atoms with Gasteiger partial charge in [0.05, 0.1) is 18.2 Å². The molecule has 0 aliphatic heterocycles. The summed E-state index contributed by atoms with van der Waals surface area (Å²) in [7, 11) is 1.13. The van der Waals surface area contributed by atoms with Crippen LogP contribution in [0.25, 0.3) is 11.1 Å². The third kappa shape index (κ3) is 3.04. The number of ether oxygens (including phenoxy) is 1. The quantitative estimate of drug-likeness (QED) is 0.610. The largest absolute Gasteiger partial charge is 0.465 e. The van der Waals surface area contributed by atoms with Crippen molar-refractivity contribution >= 4 is 5.97 Å². The van der Waals surface area contributed by atoms with Crippen LogP contribution in [-0.4, -0.2) is 13.1 Å². The maximum Gasteiger partial charge on any atom is 0.417 e. The van der Waals surface area contributed by atoms with E-state index >= 15 is 0 Å². The second-order valence-electron chi connectivity index (χ2n) is 4.23. The average Bonchev–Trinajstić information content (AvgIpc) is 2.45. The zero-order valence-electron chi connectivity index (χ0n) is 10.9. The van der Waals surface area contributed by atoms with E-state index in [1.54, 1.807) is 0 Å². The second-order valence-corrected chi connectivity index (χ2v) is 4.23. The Hall–Kier alpha value is -2.37. The topological polar surface area (TPSA) is 26.3 Å². The number of hydrogen-bond acceptors (Lipinski definition) is 2. The first-order valence-corrected chi connectivity index (χ1v) is 5.89. The number of carbonyl (C=O) groups excluding carboxylic acids is 1. The summed E-state index contributed by atoms with van der Waals surface area (Å²) in [5, 5.41) is 0. The predicted molar refractivity (Wildman–Crippen MR) is 68.2 cm³/mol. The Morgan fingerprint density at radius 1 is 1.05 bits per heavy atom. The zero-order valence-corrected chi connectivity index (χ0v) is 10.9. The van der Waals surface area contributed by atoms with Crippen LogP contribution in [0.5, 0.6) is 0 Å². The highest BCUT2D eigenvalue weighted by atomic mass is 19.4. The van der Waals surface area contributed by atoms with Gasteiger partial charge in [0, 0.05) is 5.56 Å². The molecule has 0 saturated carbocycles. The molecule has 0 saturated heterocycles. The number of benzene rings is 2. The molecule has 0 aliphatic rings. The minimum atomic E-state index is -4.59. The van der Waals surface area contributed by atoms with Crippen molar-refractivity contribution in [1.82, 2.24) is 0 Å². The molecule has 21 heavy (non-hydrogen) atoms. The fourth-order valence-corrected chi connectivity index (χ4v) is 1.94. The van der Waals surface area contributed by atoms with Crippen molar-refractivity contribution in [2.24, 2.45) is 0 Å². The third-order valence-electron chi connectivity index (χ3n) is 2.91. The van der Waals surface area contributed by atoms with Crippen molar-refractivity contribution in [3.05, 3.63) is 59.4 Å². The van der Waals surface area contributed by atoms with Crippen LogP contribution in [0.2, 0.25) is 0 Å². The normalized spacial score (nSPS) is 11.3. The van der Waals surface area contributed by atoms with Crippen molar-refractivity contribution in [3.8, 4) is 11.1 Å². The van der Waals surface area contributed by atoms with E-state index in [4.69, 9.17) is 0 Å². The Morgan fingerprint density at radius 3 is 2.29 bits per heavy atom. The smallest absolute Gasteiger partial charge is 0.417 e. The first-order valence-electron chi connectivity index (χ1n) is 5.89. The molecule has 2 aromatic rings. The van der Waals surface area contributed by atoms with Gasteiger partial charge in [-0.05, 0) is 23.8 Å². The summed E-state index contributed by atoms with van der Waals surface area (Å²) in [4.78, 5) is 11.3. The zero-order chi connectivity index (χ0) is 15.6. The molecule has 0 atom stereocenters. The number of rotatable bonds is 2. The fraction of sp³-hybridized carbons (Fsp3) is 0.133. The summed E-state index contributed by atoms with van der Waals surface area (Å²) < 4.78 is 57.2. The van der Waals surface area contributed by atoms with E-state index in [-0.39, 0.29) is 16.7 Å². The standard InChI is InChI=1S/C15H10F4O2/c1-21-14(20)9-6-7-11(13(16)8-9)10-4-2-3-5-12(10)15(17,18)19/h2-8H,1H3. The Labute approximate surface area is 118 Å². The number of methoxy groups -OCH3 is 1. The molecule has 0 N–H and O–H groups in total. The molecule has 0 radical (unpaired) electrons. The minimum Gasteiger partial charge on any atom is -0.465 e. The molecule has 0 heterocycles. The molecule has 0 fully saturated rings. The molecular weight excluding hydrogens is 288 g/mol. The summed E-state index contributed by atoms with van der Waals surface area (Å²) in [6.45, 7) is 0. The van der Waals surface area contributed by atoms with Crippen LogP contribution in [0.15, 0.2) is 42.5 Å². The summed E-state index contributed by atoms with van der Waals surface area (Å²) in [6.07, 6.45) is -4.59. The van der Waals surface area contributed by atoms with Gasteiger partial charge in [-0.3, -0.25) is 0 Å². The first kappa shape index (κ1) is 15.0. The number of halogens is 4. The van der Waals surface area contributed by atoms with Gasteiger partial charge in [0.15, 0.2) is 0 Å². The third-order valence-corrected chi connectivity index (χ3v) is 2.91. The van der Waals surface area contributed by atoms with Crippen LogP contribution in [0.1, 0.15) is 15.9 Å². The highest BCUT2D eigenvalue weighted by Gasteiger charge is 2.33. The molecule has 2 rings (SSSR count). The van der Waals surface area contributed by atoms with Gasteiger partial charge in [-0.2, -0.15) is 13.2 Å². The highest BCUT2D eigenvalue weighted by Crippen LogP contribution is 2.37. The molecule has 110 valence electrons. The predicted octanol–water partition coefficient (Wildman–Crippen LogP) is 4.30. The lowest BCUT2D eigenvalue weighted by Gasteiger charge is -2.13. The Kier molecular flexibility index (Phi) is 3.97. The van der Waals surface area contributed by atoms with Gasteiger partial charge in [-0.15, -0.1) is 0 Å². The maximum absolute atomic E-state index is 14.0.